The summed E-state index contributed by atoms with van der Waals surface area (Å²) in [6.45, 7) is 7.97. The van der Waals surface area contributed by atoms with Gasteiger partial charge >= 0.3 is 0 Å². The number of aliphatic imine (C=N–C) groups is 1. The Balaban J connectivity index is 1.42. The third-order valence-corrected chi connectivity index (χ3v) is 6.75. The molecular weight excluding hydrogens is 442 g/mol. The standard InChI is InChI=1S/C26H31N7O2/c1-18-5-3-6-19(15-18)24-27-8-9-33(30-24)22-16-21(32-10-13-34-14-11-32)23-26(28-22)31(2)25(29-23)20-7-4-12-35-17-20/h3,5-7,15-16H,4,8-14,17H2,1-2H3,(H,27,30). The second-order valence-electron chi connectivity index (χ2n) is 9.20. The van der Waals surface area contributed by atoms with Gasteiger partial charge in [-0.3, -0.25) is 15.4 Å². The van der Waals surface area contributed by atoms with E-state index in [1.807, 2.05) is 7.05 Å². The number of nitrogens with zero attached hydrogens (tertiary/aromatic N) is 6. The number of morpholine rings is 1. The van der Waals surface area contributed by atoms with Crippen molar-refractivity contribution in [2.45, 2.75) is 13.3 Å². The lowest BCUT2D eigenvalue weighted by atomic mass is 10.1. The van der Waals surface area contributed by atoms with E-state index in [-0.39, 0.29) is 0 Å². The zero-order valence-corrected chi connectivity index (χ0v) is 20.3. The van der Waals surface area contributed by atoms with Crippen LogP contribution in [-0.4, -0.2) is 73.0 Å². The third kappa shape index (κ3) is 4.26. The van der Waals surface area contributed by atoms with Crippen LogP contribution in [0.25, 0.3) is 16.7 Å². The summed E-state index contributed by atoms with van der Waals surface area (Å²) in [5.41, 5.74) is 9.81. The van der Waals surface area contributed by atoms with Crippen molar-refractivity contribution in [2.24, 2.45) is 12.0 Å². The van der Waals surface area contributed by atoms with Gasteiger partial charge in [-0.2, -0.15) is 0 Å². The first-order chi connectivity index (χ1) is 17.2. The number of imidazole rings is 1. The summed E-state index contributed by atoms with van der Waals surface area (Å²) >= 11 is 0. The quantitative estimate of drug-likeness (QED) is 0.624. The molecule has 1 saturated heterocycles. The number of anilines is 2. The Hall–Kier alpha value is -3.43. The van der Waals surface area contributed by atoms with Crippen LogP contribution in [-0.2, 0) is 16.5 Å². The minimum absolute atomic E-state index is 0.584. The maximum atomic E-state index is 5.71. The molecule has 3 aliphatic rings. The van der Waals surface area contributed by atoms with Crippen molar-refractivity contribution < 1.29 is 9.47 Å². The zero-order chi connectivity index (χ0) is 23.8. The van der Waals surface area contributed by atoms with Crippen LogP contribution in [0, 0.1) is 6.92 Å². The number of aromatic nitrogens is 3. The molecule has 0 unspecified atom stereocenters. The SMILES string of the molecule is Cc1cccc(C2=NCCN(c3cc(N4CCOCC4)c4nc(C5=CCCOC5)n(C)c4n3)N2)c1. The Kier molecular flexibility index (Phi) is 5.87. The highest BCUT2D eigenvalue weighted by atomic mass is 16.5. The molecule has 0 spiro atoms. The predicted octanol–water partition coefficient (Wildman–Crippen LogP) is 2.69. The van der Waals surface area contributed by atoms with Crippen LogP contribution in [0.4, 0.5) is 11.5 Å². The van der Waals surface area contributed by atoms with E-state index in [9.17, 15) is 0 Å². The number of benzene rings is 1. The molecule has 35 heavy (non-hydrogen) atoms. The number of aryl methyl sites for hydroxylation is 2. The average Bonchev–Trinajstić information content (AvgIpc) is 3.25. The highest BCUT2D eigenvalue weighted by Gasteiger charge is 2.25. The summed E-state index contributed by atoms with van der Waals surface area (Å²) in [6, 6.07) is 10.6. The molecule has 0 amide bonds. The molecule has 0 saturated carbocycles. The molecule has 1 N–H and O–H groups in total. The summed E-state index contributed by atoms with van der Waals surface area (Å²) in [5.74, 6) is 2.65. The van der Waals surface area contributed by atoms with E-state index < -0.39 is 0 Å². The molecule has 1 aromatic carbocycles. The first kappa shape index (κ1) is 22.1. The van der Waals surface area contributed by atoms with Gasteiger partial charge in [0.2, 0.25) is 0 Å². The molecule has 9 nitrogen and oxygen atoms in total. The van der Waals surface area contributed by atoms with Crippen LogP contribution in [0.1, 0.15) is 23.4 Å². The highest BCUT2D eigenvalue weighted by molar-refractivity contribution is 6.00. The van der Waals surface area contributed by atoms with Gasteiger partial charge in [-0.15, -0.1) is 0 Å². The molecule has 9 heteroatoms. The van der Waals surface area contributed by atoms with E-state index in [0.717, 1.165) is 78.1 Å². The molecule has 2 aromatic heterocycles. The molecule has 0 bridgehead atoms. The zero-order valence-electron chi connectivity index (χ0n) is 20.3. The van der Waals surface area contributed by atoms with Crippen LogP contribution < -0.4 is 15.3 Å². The Bertz CT molecular complexity index is 1310. The summed E-state index contributed by atoms with van der Waals surface area (Å²) in [4.78, 5) is 17.3. The Morgan fingerprint density at radius 1 is 1.00 bits per heavy atom. The van der Waals surface area contributed by atoms with E-state index in [4.69, 9.17) is 24.4 Å². The first-order valence-electron chi connectivity index (χ1n) is 12.3. The smallest absolute Gasteiger partial charge is 0.164 e. The molecular formula is C26H31N7O2. The number of hydrogen-bond donors (Lipinski definition) is 1. The number of ether oxygens (including phenoxy) is 2. The molecule has 3 aliphatic heterocycles. The number of pyridine rings is 1. The number of rotatable bonds is 4. The van der Waals surface area contributed by atoms with Gasteiger partial charge < -0.3 is 18.9 Å². The van der Waals surface area contributed by atoms with E-state index in [1.165, 1.54) is 5.56 Å². The Labute approximate surface area is 205 Å². The van der Waals surface area contributed by atoms with Crippen molar-refractivity contribution in [3.05, 3.63) is 53.4 Å². The van der Waals surface area contributed by atoms with Gasteiger partial charge in [0, 0.05) is 37.3 Å². The van der Waals surface area contributed by atoms with Crippen molar-refractivity contribution in [3.63, 3.8) is 0 Å². The third-order valence-electron chi connectivity index (χ3n) is 6.75. The molecule has 3 aromatic rings. The van der Waals surface area contributed by atoms with E-state index in [0.29, 0.717) is 26.4 Å². The molecule has 182 valence electrons. The Morgan fingerprint density at radius 3 is 2.69 bits per heavy atom. The summed E-state index contributed by atoms with van der Waals surface area (Å²) in [7, 11) is 2.04. The number of nitrogens with one attached hydrogen (secondary N) is 1. The van der Waals surface area contributed by atoms with Gasteiger partial charge in [-0.1, -0.05) is 29.8 Å². The van der Waals surface area contributed by atoms with E-state index >= 15 is 0 Å². The number of fused-ring (bicyclic) bond motifs is 1. The minimum Gasteiger partial charge on any atom is -0.378 e. The second kappa shape index (κ2) is 9.31. The highest BCUT2D eigenvalue weighted by Crippen LogP contribution is 2.32. The summed E-state index contributed by atoms with van der Waals surface area (Å²) in [6.07, 6.45) is 3.14. The average molecular weight is 474 g/mol. The predicted molar refractivity (Wildman–Crippen MR) is 138 cm³/mol. The van der Waals surface area contributed by atoms with Crippen LogP contribution in [0.2, 0.25) is 0 Å². The molecule has 5 heterocycles. The van der Waals surface area contributed by atoms with Crippen LogP contribution in [0.15, 0.2) is 41.4 Å². The van der Waals surface area contributed by atoms with Crippen LogP contribution in [0.3, 0.4) is 0 Å². The molecule has 0 atom stereocenters. The largest absolute Gasteiger partial charge is 0.378 e. The van der Waals surface area contributed by atoms with E-state index in [1.54, 1.807) is 0 Å². The van der Waals surface area contributed by atoms with Gasteiger partial charge in [0.05, 0.1) is 45.2 Å². The maximum Gasteiger partial charge on any atom is 0.164 e. The van der Waals surface area contributed by atoms with E-state index in [2.05, 4.69) is 63.2 Å². The van der Waals surface area contributed by atoms with Crippen LogP contribution >= 0.6 is 0 Å². The minimum atomic E-state index is 0.584. The number of amidine groups is 1. The molecule has 0 radical (unpaired) electrons. The van der Waals surface area contributed by atoms with Crippen LogP contribution in [0.5, 0.6) is 0 Å². The van der Waals surface area contributed by atoms with Crippen molar-refractivity contribution in [3.8, 4) is 0 Å². The lowest BCUT2D eigenvalue weighted by molar-refractivity contribution is 0.123. The maximum absolute atomic E-state index is 5.71. The Morgan fingerprint density at radius 2 is 1.89 bits per heavy atom. The topological polar surface area (TPSA) is 80.0 Å². The summed E-state index contributed by atoms with van der Waals surface area (Å²) in [5, 5.41) is 2.10. The molecule has 1 fully saturated rings. The lowest BCUT2D eigenvalue weighted by Gasteiger charge is -2.32. The normalized spacial score (nSPS) is 18.9. The lowest BCUT2D eigenvalue weighted by Crippen LogP contribution is -2.48. The fourth-order valence-corrected chi connectivity index (χ4v) is 4.91. The first-order valence-corrected chi connectivity index (χ1v) is 12.3. The van der Waals surface area contributed by atoms with Gasteiger partial charge in [-0.05, 0) is 19.4 Å². The van der Waals surface area contributed by atoms with Crippen molar-refractivity contribution >= 4 is 34.1 Å². The second-order valence-corrected chi connectivity index (χ2v) is 9.20. The van der Waals surface area contributed by atoms with Gasteiger partial charge in [0.15, 0.2) is 11.5 Å². The van der Waals surface area contributed by atoms with Crippen molar-refractivity contribution in [2.75, 3.05) is 62.5 Å². The van der Waals surface area contributed by atoms with Gasteiger partial charge in [-0.25, -0.2) is 9.97 Å². The molecule has 6 rings (SSSR count). The number of hydrogen-bond acceptors (Lipinski definition) is 8. The molecule has 0 aliphatic carbocycles. The summed E-state index contributed by atoms with van der Waals surface area (Å²) < 4.78 is 13.4. The van der Waals surface area contributed by atoms with Gasteiger partial charge in [0.1, 0.15) is 17.2 Å². The fraction of sp³-hybridized carbons (Fsp3) is 0.423. The van der Waals surface area contributed by atoms with Crippen molar-refractivity contribution in [1.29, 1.82) is 0 Å². The van der Waals surface area contributed by atoms with Crippen molar-refractivity contribution in [1.82, 2.24) is 20.0 Å². The number of hydrazine groups is 1. The monoisotopic (exact) mass is 473 g/mol. The van der Waals surface area contributed by atoms with Gasteiger partial charge in [0.25, 0.3) is 0 Å². The fourth-order valence-electron chi connectivity index (χ4n) is 4.91.